The molecular weight excluding hydrogens is 322 g/mol. The minimum Gasteiger partial charge on any atom is -0.494 e. The fraction of sp³-hybridized carbons (Fsp3) is 0.444. The standard InChI is InChI=1S/C18H23N3O2S/c1-3-23-15-6-4-14(5-7-15)17-20-16(11-24-17)18(22)21-10-13(9-19)8-12(21)2/h4-7,11-13H,3,8-10,19H2,1-2H3. The lowest BCUT2D eigenvalue weighted by molar-refractivity contribution is 0.0738. The third-order valence-electron chi connectivity index (χ3n) is 4.39. The number of thiazole rings is 1. The van der Waals surface area contributed by atoms with E-state index >= 15 is 0 Å². The highest BCUT2D eigenvalue weighted by Crippen LogP contribution is 2.28. The van der Waals surface area contributed by atoms with Crippen LogP contribution < -0.4 is 10.5 Å². The second-order valence-corrected chi connectivity index (χ2v) is 7.00. The van der Waals surface area contributed by atoms with E-state index in [1.807, 2.05) is 41.5 Å². The molecule has 2 unspecified atom stereocenters. The van der Waals surface area contributed by atoms with Crippen molar-refractivity contribution in [3.05, 3.63) is 35.3 Å². The zero-order valence-corrected chi connectivity index (χ0v) is 14.9. The first-order valence-corrected chi connectivity index (χ1v) is 9.20. The van der Waals surface area contributed by atoms with E-state index in [0.717, 1.165) is 29.3 Å². The van der Waals surface area contributed by atoms with Gasteiger partial charge < -0.3 is 15.4 Å². The minimum atomic E-state index is 0.00638. The van der Waals surface area contributed by atoms with Crippen LogP contribution in [0.3, 0.4) is 0 Å². The molecule has 0 bridgehead atoms. The Labute approximate surface area is 146 Å². The zero-order valence-electron chi connectivity index (χ0n) is 14.1. The van der Waals surface area contributed by atoms with Crippen molar-refractivity contribution in [3.63, 3.8) is 0 Å². The summed E-state index contributed by atoms with van der Waals surface area (Å²) in [6.07, 6.45) is 0.970. The van der Waals surface area contributed by atoms with Gasteiger partial charge in [0, 0.05) is 23.5 Å². The molecule has 0 saturated carbocycles. The van der Waals surface area contributed by atoms with Crippen LogP contribution in [-0.2, 0) is 0 Å². The number of carbonyl (C=O) groups excluding carboxylic acids is 1. The lowest BCUT2D eigenvalue weighted by Gasteiger charge is -2.20. The number of carbonyl (C=O) groups is 1. The normalized spacial score (nSPS) is 20.4. The molecule has 0 radical (unpaired) electrons. The first-order valence-electron chi connectivity index (χ1n) is 8.32. The van der Waals surface area contributed by atoms with Crippen molar-refractivity contribution < 1.29 is 9.53 Å². The summed E-state index contributed by atoms with van der Waals surface area (Å²) in [5.74, 6) is 1.24. The molecule has 2 aromatic rings. The topological polar surface area (TPSA) is 68.5 Å². The SMILES string of the molecule is CCOc1ccc(-c2nc(C(=O)N3CC(CN)CC3C)cs2)cc1. The number of likely N-dealkylation sites (tertiary alicyclic amines) is 1. The third kappa shape index (κ3) is 3.44. The van der Waals surface area contributed by atoms with Gasteiger partial charge in [-0.1, -0.05) is 0 Å². The molecule has 0 spiro atoms. The molecule has 2 heterocycles. The maximum absolute atomic E-state index is 12.7. The van der Waals surface area contributed by atoms with E-state index in [2.05, 4.69) is 11.9 Å². The van der Waals surface area contributed by atoms with Gasteiger partial charge in [0.05, 0.1) is 6.61 Å². The summed E-state index contributed by atoms with van der Waals surface area (Å²) in [6.45, 7) is 6.04. The highest BCUT2D eigenvalue weighted by Gasteiger charge is 2.33. The fourth-order valence-electron chi connectivity index (χ4n) is 3.11. The van der Waals surface area contributed by atoms with Gasteiger partial charge in [0.15, 0.2) is 0 Å². The van der Waals surface area contributed by atoms with Crippen LogP contribution in [0.15, 0.2) is 29.6 Å². The maximum atomic E-state index is 12.7. The number of nitrogens with zero attached hydrogens (tertiary/aromatic N) is 2. The number of amides is 1. The van der Waals surface area contributed by atoms with E-state index < -0.39 is 0 Å². The Morgan fingerprint density at radius 1 is 1.42 bits per heavy atom. The number of aromatic nitrogens is 1. The average Bonchev–Trinajstić information content (AvgIpc) is 3.22. The summed E-state index contributed by atoms with van der Waals surface area (Å²) in [6, 6.07) is 8.02. The number of hydrogen-bond donors (Lipinski definition) is 1. The molecule has 3 rings (SSSR count). The molecule has 1 amide bonds. The minimum absolute atomic E-state index is 0.00638. The third-order valence-corrected chi connectivity index (χ3v) is 5.28. The molecule has 0 aliphatic carbocycles. The van der Waals surface area contributed by atoms with Crippen LogP contribution in [0.1, 0.15) is 30.8 Å². The maximum Gasteiger partial charge on any atom is 0.273 e. The second kappa shape index (κ2) is 7.32. The lowest BCUT2D eigenvalue weighted by Crippen LogP contribution is -2.34. The molecule has 1 fully saturated rings. The number of nitrogens with two attached hydrogens (primary N) is 1. The van der Waals surface area contributed by atoms with Gasteiger partial charge in [0.2, 0.25) is 0 Å². The van der Waals surface area contributed by atoms with Crippen LogP contribution >= 0.6 is 11.3 Å². The number of ether oxygens (including phenoxy) is 1. The van der Waals surface area contributed by atoms with Gasteiger partial charge in [-0.3, -0.25) is 4.79 Å². The van der Waals surface area contributed by atoms with E-state index in [9.17, 15) is 4.79 Å². The molecule has 24 heavy (non-hydrogen) atoms. The molecule has 1 aromatic carbocycles. The average molecular weight is 345 g/mol. The summed E-state index contributed by atoms with van der Waals surface area (Å²) >= 11 is 1.49. The fourth-order valence-corrected chi connectivity index (χ4v) is 3.91. The summed E-state index contributed by atoms with van der Waals surface area (Å²) < 4.78 is 5.45. The first-order chi connectivity index (χ1) is 11.6. The second-order valence-electron chi connectivity index (χ2n) is 6.14. The quantitative estimate of drug-likeness (QED) is 0.904. The van der Waals surface area contributed by atoms with E-state index in [1.54, 1.807) is 0 Å². The number of rotatable bonds is 5. The first kappa shape index (κ1) is 16.9. The Morgan fingerprint density at radius 2 is 2.17 bits per heavy atom. The number of hydrogen-bond acceptors (Lipinski definition) is 5. The molecule has 1 saturated heterocycles. The summed E-state index contributed by atoms with van der Waals surface area (Å²) in [5.41, 5.74) is 7.27. The smallest absolute Gasteiger partial charge is 0.273 e. The molecular formula is C18H23N3O2S. The molecule has 1 aromatic heterocycles. The van der Waals surface area contributed by atoms with Crippen molar-refractivity contribution in [1.82, 2.24) is 9.88 Å². The van der Waals surface area contributed by atoms with Crippen LogP contribution in [0.4, 0.5) is 0 Å². The van der Waals surface area contributed by atoms with E-state index in [4.69, 9.17) is 10.5 Å². The summed E-state index contributed by atoms with van der Waals surface area (Å²) in [7, 11) is 0. The van der Waals surface area contributed by atoms with Crippen LogP contribution in [0.2, 0.25) is 0 Å². The van der Waals surface area contributed by atoms with Gasteiger partial charge in [-0.25, -0.2) is 4.98 Å². The summed E-state index contributed by atoms with van der Waals surface area (Å²) in [5, 5.41) is 2.69. The zero-order chi connectivity index (χ0) is 17.1. The van der Waals surface area contributed by atoms with Crippen molar-refractivity contribution >= 4 is 17.2 Å². The molecule has 1 aliphatic heterocycles. The van der Waals surface area contributed by atoms with Gasteiger partial charge in [-0.05, 0) is 57.0 Å². The Hall–Kier alpha value is -1.92. The van der Waals surface area contributed by atoms with E-state index in [-0.39, 0.29) is 11.9 Å². The van der Waals surface area contributed by atoms with Gasteiger partial charge in [-0.15, -0.1) is 11.3 Å². The van der Waals surface area contributed by atoms with Crippen molar-refractivity contribution in [2.75, 3.05) is 19.7 Å². The van der Waals surface area contributed by atoms with Crippen molar-refractivity contribution in [2.45, 2.75) is 26.3 Å². The molecule has 128 valence electrons. The van der Waals surface area contributed by atoms with Gasteiger partial charge >= 0.3 is 0 Å². The predicted octanol–water partition coefficient (Wildman–Crippen LogP) is 3.02. The predicted molar refractivity (Wildman–Crippen MR) is 96.4 cm³/mol. The van der Waals surface area contributed by atoms with Gasteiger partial charge in [0.1, 0.15) is 16.5 Å². The highest BCUT2D eigenvalue weighted by molar-refractivity contribution is 7.13. The Balaban J connectivity index is 1.74. The molecule has 5 nitrogen and oxygen atoms in total. The molecule has 2 atom stereocenters. The summed E-state index contributed by atoms with van der Waals surface area (Å²) in [4.78, 5) is 19.2. The largest absolute Gasteiger partial charge is 0.494 e. The van der Waals surface area contributed by atoms with Crippen molar-refractivity contribution in [3.8, 4) is 16.3 Å². The highest BCUT2D eigenvalue weighted by atomic mass is 32.1. The van der Waals surface area contributed by atoms with Crippen LogP contribution in [-0.4, -0.2) is 41.5 Å². The van der Waals surface area contributed by atoms with E-state index in [1.165, 1.54) is 11.3 Å². The van der Waals surface area contributed by atoms with Crippen LogP contribution in [0.5, 0.6) is 5.75 Å². The van der Waals surface area contributed by atoms with Crippen molar-refractivity contribution in [2.24, 2.45) is 11.7 Å². The Kier molecular flexibility index (Phi) is 5.16. The van der Waals surface area contributed by atoms with Crippen LogP contribution in [0.25, 0.3) is 10.6 Å². The monoisotopic (exact) mass is 345 g/mol. The Bertz CT molecular complexity index is 699. The molecule has 2 N–H and O–H groups in total. The van der Waals surface area contributed by atoms with Crippen LogP contribution in [0, 0.1) is 5.92 Å². The number of benzene rings is 1. The lowest BCUT2D eigenvalue weighted by atomic mass is 10.1. The van der Waals surface area contributed by atoms with Gasteiger partial charge in [0.25, 0.3) is 5.91 Å². The molecule has 6 heteroatoms. The Morgan fingerprint density at radius 3 is 2.79 bits per heavy atom. The van der Waals surface area contributed by atoms with Crippen molar-refractivity contribution in [1.29, 1.82) is 0 Å². The van der Waals surface area contributed by atoms with Gasteiger partial charge in [-0.2, -0.15) is 0 Å². The molecule has 1 aliphatic rings. The van der Waals surface area contributed by atoms with E-state index in [0.29, 0.717) is 24.8 Å².